The molecule has 26 heavy (non-hydrogen) atoms. The lowest BCUT2D eigenvalue weighted by atomic mass is 9.96. The maximum absolute atomic E-state index is 13.3. The Morgan fingerprint density at radius 2 is 1.54 bits per heavy atom. The van der Waals surface area contributed by atoms with Gasteiger partial charge in [0, 0.05) is 5.56 Å². The maximum Gasteiger partial charge on any atom is 0.417 e. The highest BCUT2D eigenvalue weighted by Crippen LogP contribution is 2.40. The molecule has 2 aromatic rings. The number of carbonyl (C=O) groups excluding carboxylic acids is 1. The molecular formula is C16H11F6IN2O. The minimum atomic E-state index is -5.10. The van der Waals surface area contributed by atoms with E-state index in [0.717, 1.165) is 6.42 Å². The molecule has 0 spiro atoms. The smallest absolute Gasteiger partial charge is 0.267 e. The van der Waals surface area contributed by atoms with Gasteiger partial charge in [-0.15, -0.1) is 0 Å². The Hall–Kier alpha value is -1.59. The summed E-state index contributed by atoms with van der Waals surface area (Å²) in [5.41, 5.74) is -3.56. The van der Waals surface area contributed by atoms with E-state index in [4.69, 9.17) is 0 Å². The van der Waals surface area contributed by atoms with Gasteiger partial charge in [0.25, 0.3) is 5.91 Å². The lowest BCUT2D eigenvalue weighted by Gasteiger charge is -2.19. The van der Waals surface area contributed by atoms with Crippen LogP contribution in [0.5, 0.6) is 0 Å². The molecule has 0 N–H and O–H groups in total. The molecule has 3 rings (SSSR count). The van der Waals surface area contributed by atoms with Crippen molar-refractivity contribution in [3.8, 4) is 0 Å². The Morgan fingerprint density at radius 1 is 1.00 bits per heavy atom. The number of hydrogen-bond donors (Lipinski definition) is 0. The molecule has 0 saturated heterocycles. The Bertz CT molecular complexity index is 837. The number of fused-ring (bicyclic) bond motifs is 1. The van der Waals surface area contributed by atoms with Gasteiger partial charge in [-0.2, -0.15) is 36.1 Å². The van der Waals surface area contributed by atoms with Crippen LogP contribution in [-0.4, -0.2) is 15.7 Å². The van der Waals surface area contributed by atoms with E-state index in [1.807, 2.05) is 22.6 Å². The van der Waals surface area contributed by atoms with Crippen molar-refractivity contribution in [3.05, 3.63) is 49.8 Å². The van der Waals surface area contributed by atoms with Crippen molar-refractivity contribution in [3.63, 3.8) is 0 Å². The molecule has 1 aliphatic carbocycles. The van der Waals surface area contributed by atoms with E-state index in [9.17, 15) is 31.1 Å². The average Bonchev–Trinajstić information content (AvgIpc) is 2.89. The first-order chi connectivity index (χ1) is 12.0. The molecule has 0 aliphatic heterocycles. The third-order valence-electron chi connectivity index (χ3n) is 4.21. The fraction of sp³-hybridized carbons (Fsp3) is 0.375. The van der Waals surface area contributed by atoms with E-state index in [2.05, 4.69) is 5.10 Å². The molecule has 1 aromatic heterocycles. The van der Waals surface area contributed by atoms with Crippen molar-refractivity contribution in [2.45, 2.75) is 38.0 Å². The van der Waals surface area contributed by atoms with Gasteiger partial charge >= 0.3 is 12.4 Å². The summed E-state index contributed by atoms with van der Waals surface area (Å²) in [6, 6.07) is 1.59. The lowest BCUT2D eigenvalue weighted by molar-refractivity contribution is -0.143. The SMILES string of the molecule is O=C(c1c(C(F)(F)F)cccc1C(F)(F)F)n1nc(I)c2c1CCCC2. The van der Waals surface area contributed by atoms with Crippen LogP contribution >= 0.6 is 22.6 Å². The van der Waals surface area contributed by atoms with Gasteiger partial charge < -0.3 is 0 Å². The van der Waals surface area contributed by atoms with Gasteiger partial charge in [-0.3, -0.25) is 4.79 Å². The fourth-order valence-electron chi connectivity index (χ4n) is 3.08. The molecule has 0 amide bonds. The number of hydrogen-bond acceptors (Lipinski definition) is 2. The predicted molar refractivity (Wildman–Crippen MR) is 87.8 cm³/mol. The monoisotopic (exact) mass is 488 g/mol. The van der Waals surface area contributed by atoms with Crippen LogP contribution in [-0.2, 0) is 25.2 Å². The van der Waals surface area contributed by atoms with Gasteiger partial charge in [0.15, 0.2) is 0 Å². The molecule has 0 radical (unpaired) electrons. The zero-order chi connectivity index (χ0) is 19.3. The van der Waals surface area contributed by atoms with Crippen LogP contribution in [0, 0.1) is 3.70 Å². The normalized spacial score (nSPS) is 15.0. The summed E-state index contributed by atoms with van der Waals surface area (Å²) in [5, 5.41) is 3.93. The quantitative estimate of drug-likeness (QED) is 0.414. The van der Waals surface area contributed by atoms with Crippen molar-refractivity contribution in [1.82, 2.24) is 9.78 Å². The highest BCUT2D eigenvalue weighted by molar-refractivity contribution is 14.1. The van der Waals surface area contributed by atoms with Crippen LogP contribution in [0.25, 0.3) is 0 Å². The van der Waals surface area contributed by atoms with Gasteiger partial charge in [0.05, 0.1) is 22.4 Å². The first-order valence-electron chi connectivity index (χ1n) is 7.60. The first-order valence-corrected chi connectivity index (χ1v) is 8.68. The van der Waals surface area contributed by atoms with Crippen molar-refractivity contribution >= 4 is 28.5 Å². The summed E-state index contributed by atoms with van der Waals surface area (Å²) in [4.78, 5) is 12.8. The van der Waals surface area contributed by atoms with Crippen molar-refractivity contribution in [1.29, 1.82) is 0 Å². The standard InChI is InChI=1S/C16H11F6IN2O/c17-15(18,19)9-5-3-6-10(16(20,21)22)12(9)14(26)25-11-7-2-1-4-8(11)13(23)24-25/h3,5-6H,1-2,4,7H2. The van der Waals surface area contributed by atoms with Crippen LogP contribution in [0.2, 0.25) is 0 Å². The Kier molecular flexibility index (Phi) is 4.82. The zero-order valence-electron chi connectivity index (χ0n) is 13.0. The number of aromatic nitrogens is 2. The second-order valence-corrected chi connectivity index (χ2v) is 6.89. The highest BCUT2D eigenvalue weighted by Gasteiger charge is 2.43. The minimum absolute atomic E-state index is 0.382. The van der Waals surface area contributed by atoms with E-state index in [1.165, 1.54) is 0 Å². The molecule has 1 aromatic carbocycles. The van der Waals surface area contributed by atoms with E-state index in [-0.39, 0.29) is 0 Å². The summed E-state index contributed by atoms with van der Waals surface area (Å²) in [7, 11) is 0. The Morgan fingerprint density at radius 3 is 2.08 bits per heavy atom. The third-order valence-corrected chi connectivity index (χ3v) is 5.08. The molecule has 1 heterocycles. The van der Waals surface area contributed by atoms with Gasteiger partial charge in [0.2, 0.25) is 0 Å². The molecule has 10 heteroatoms. The summed E-state index contributed by atoms with van der Waals surface area (Å²) in [5.74, 6) is -1.41. The number of nitrogens with zero attached hydrogens (tertiary/aromatic N) is 2. The largest absolute Gasteiger partial charge is 0.417 e. The summed E-state index contributed by atoms with van der Waals surface area (Å²) >= 11 is 1.84. The average molecular weight is 488 g/mol. The van der Waals surface area contributed by atoms with Crippen LogP contribution < -0.4 is 0 Å². The second-order valence-electron chi connectivity index (χ2n) is 5.86. The van der Waals surface area contributed by atoms with Crippen LogP contribution in [0.3, 0.4) is 0 Å². The second kappa shape index (κ2) is 6.54. The summed E-state index contributed by atoms with van der Waals surface area (Å²) in [6.45, 7) is 0. The number of benzene rings is 1. The molecule has 1 aliphatic rings. The van der Waals surface area contributed by atoms with Gasteiger partial charge in [0.1, 0.15) is 3.70 Å². The molecule has 3 nitrogen and oxygen atoms in total. The maximum atomic E-state index is 13.3. The summed E-state index contributed by atoms with van der Waals surface area (Å²) in [6.07, 6.45) is -7.72. The van der Waals surface area contributed by atoms with Crippen LogP contribution in [0.1, 0.15) is 45.6 Å². The van der Waals surface area contributed by atoms with Crippen molar-refractivity contribution in [2.24, 2.45) is 0 Å². The van der Waals surface area contributed by atoms with E-state index in [1.54, 1.807) is 0 Å². The first kappa shape index (κ1) is 19.2. The summed E-state index contributed by atoms with van der Waals surface area (Å²) < 4.78 is 80.8. The third kappa shape index (κ3) is 3.35. The molecular weight excluding hydrogens is 477 g/mol. The minimum Gasteiger partial charge on any atom is -0.267 e. The van der Waals surface area contributed by atoms with Gasteiger partial charge in [-0.25, -0.2) is 0 Å². The van der Waals surface area contributed by atoms with Crippen molar-refractivity contribution < 1.29 is 31.1 Å². The number of halogens is 7. The topological polar surface area (TPSA) is 34.9 Å². The lowest BCUT2D eigenvalue weighted by Crippen LogP contribution is -2.26. The zero-order valence-corrected chi connectivity index (χ0v) is 15.2. The van der Waals surface area contributed by atoms with Crippen LogP contribution in [0.15, 0.2) is 18.2 Å². The van der Waals surface area contributed by atoms with E-state index >= 15 is 0 Å². The van der Waals surface area contributed by atoms with E-state index in [0.29, 0.717) is 57.1 Å². The van der Waals surface area contributed by atoms with Crippen LogP contribution in [0.4, 0.5) is 26.3 Å². The number of carbonyl (C=O) groups is 1. The number of rotatable bonds is 1. The molecule has 0 saturated carbocycles. The van der Waals surface area contributed by atoms with Gasteiger partial charge in [-0.05, 0) is 60.4 Å². The Labute approximate surface area is 157 Å². The molecule has 0 atom stereocenters. The van der Waals surface area contributed by atoms with E-state index < -0.39 is 35.0 Å². The van der Waals surface area contributed by atoms with Gasteiger partial charge in [-0.1, -0.05) is 6.07 Å². The molecule has 140 valence electrons. The Balaban J connectivity index is 2.25. The number of alkyl halides is 6. The molecule has 0 bridgehead atoms. The predicted octanol–water partition coefficient (Wildman–Crippen LogP) is 5.09. The molecule has 0 unspecified atom stereocenters. The fourth-order valence-corrected chi connectivity index (χ4v) is 3.88. The molecule has 0 fully saturated rings. The van der Waals surface area contributed by atoms with Crippen molar-refractivity contribution in [2.75, 3.05) is 0 Å². The highest BCUT2D eigenvalue weighted by atomic mass is 127.